The Morgan fingerprint density at radius 1 is 1.41 bits per heavy atom. The van der Waals surface area contributed by atoms with Crippen LogP contribution in [0.1, 0.15) is 40.0 Å². The average Bonchev–Trinajstić information content (AvgIpc) is 2.14. The molecule has 0 spiro atoms. The molecule has 0 aromatic heterocycles. The Hall–Kier alpha value is -1.61. The molecule has 6 nitrogen and oxygen atoms in total. The normalized spacial score (nSPS) is 12.4. The fourth-order valence-corrected chi connectivity index (χ4v) is 0.948. The van der Waals surface area contributed by atoms with Crippen LogP contribution in [-0.4, -0.2) is 23.8 Å². The number of unbranched alkanes of at least 4 members (excludes halogenated alkanes) is 1. The molecule has 0 rings (SSSR count). The molecule has 2 N–H and O–H groups in total. The molecule has 0 aliphatic carbocycles. The van der Waals surface area contributed by atoms with E-state index in [0.717, 1.165) is 0 Å². The molecule has 96 valence electrons. The number of esters is 1. The summed E-state index contributed by atoms with van der Waals surface area (Å²) in [5, 5.41) is 8.31. The Bertz CT molecular complexity index is 314. The van der Waals surface area contributed by atoms with Gasteiger partial charge in [0.15, 0.2) is 0 Å². The van der Waals surface area contributed by atoms with Gasteiger partial charge in [-0.1, -0.05) is 0 Å². The predicted octanol–water partition coefficient (Wildman–Crippen LogP) is 1.49. The first kappa shape index (κ1) is 15.4. The highest BCUT2D eigenvalue weighted by Crippen LogP contribution is 2.09. The van der Waals surface area contributed by atoms with Crippen LogP contribution in [0, 0.1) is 11.3 Å². The van der Waals surface area contributed by atoms with Crippen molar-refractivity contribution in [3.05, 3.63) is 0 Å². The van der Waals surface area contributed by atoms with Gasteiger partial charge in [-0.3, -0.25) is 0 Å². The van der Waals surface area contributed by atoms with E-state index in [1.165, 1.54) is 0 Å². The molecule has 17 heavy (non-hydrogen) atoms. The van der Waals surface area contributed by atoms with Gasteiger partial charge < -0.3 is 15.2 Å². The minimum absolute atomic E-state index is 0.301. The van der Waals surface area contributed by atoms with Crippen molar-refractivity contribution in [3.8, 4) is 6.07 Å². The molecule has 0 aliphatic rings. The zero-order valence-corrected chi connectivity index (χ0v) is 10.4. The zero-order chi connectivity index (χ0) is 13.5. The van der Waals surface area contributed by atoms with Crippen LogP contribution < -0.4 is 5.73 Å². The highest BCUT2D eigenvalue weighted by molar-refractivity contribution is 5.85. The largest absolute Gasteiger partial charge is 0.516 e. The number of nitrogens with zero attached hydrogens (tertiary/aromatic N) is 1. The number of hydrogen-bond donors (Lipinski definition) is 1. The standard InChI is InChI=1S/C11H18N2O4/c1-11(2,3)17-10(15)16-9(14)8(13)6-4-5-7-12/h8H,4-6,13H2,1-3H3/t8-/m0/s1. The predicted molar refractivity (Wildman–Crippen MR) is 59.8 cm³/mol. The van der Waals surface area contributed by atoms with Gasteiger partial charge in [0.2, 0.25) is 0 Å². The Kier molecular flexibility index (Phi) is 6.21. The first-order valence-corrected chi connectivity index (χ1v) is 5.33. The van der Waals surface area contributed by atoms with Crippen molar-refractivity contribution in [1.29, 1.82) is 5.26 Å². The van der Waals surface area contributed by atoms with Crippen LogP contribution in [0.2, 0.25) is 0 Å². The molecule has 0 unspecified atom stereocenters. The van der Waals surface area contributed by atoms with Crippen molar-refractivity contribution < 1.29 is 19.1 Å². The summed E-state index contributed by atoms with van der Waals surface area (Å²) in [5.74, 6) is -0.836. The number of carbonyl (C=O) groups is 2. The maximum absolute atomic E-state index is 11.3. The third kappa shape index (κ3) is 8.22. The van der Waals surface area contributed by atoms with Crippen LogP contribution in [-0.2, 0) is 14.3 Å². The summed E-state index contributed by atoms with van der Waals surface area (Å²) < 4.78 is 9.21. The Labute approximate surface area is 101 Å². The van der Waals surface area contributed by atoms with Gasteiger partial charge in [-0.05, 0) is 33.6 Å². The first-order valence-electron chi connectivity index (χ1n) is 5.33. The van der Waals surface area contributed by atoms with Gasteiger partial charge in [0.1, 0.15) is 11.6 Å². The van der Waals surface area contributed by atoms with Crippen LogP contribution in [0.15, 0.2) is 0 Å². The van der Waals surface area contributed by atoms with E-state index >= 15 is 0 Å². The summed E-state index contributed by atoms with van der Waals surface area (Å²) in [6.07, 6.45) is 0.0437. The van der Waals surface area contributed by atoms with Crippen LogP contribution in [0.25, 0.3) is 0 Å². The fraction of sp³-hybridized carbons (Fsp3) is 0.727. The SMILES string of the molecule is CC(C)(C)OC(=O)OC(=O)[C@@H](N)CCCC#N. The molecule has 0 radical (unpaired) electrons. The number of nitriles is 1. The van der Waals surface area contributed by atoms with Gasteiger partial charge in [0, 0.05) is 6.42 Å². The van der Waals surface area contributed by atoms with Crippen molar-refractivity contribution in [1.82, 2.24) is 0 Å². The van der Waals surface area contributed by atoms with Gasteiger partial charge in [-0.2, -0.15) is 5.26 Å². The molecule has 0 aromatic carbocycles. The Balaban J connectivity index is 4.00. The molecule has 0 bridgehead atoms. The number of hydrogen-bond acceptors (Lipinski definition) is 6. The second-order valence-electron chi connectivity index (χ2n) is 4.54. The van der Waals surface area contributed by atoms with Gasteiger partial charge in [-0.15, -0.1) is 0 Å². The lowest BCUT2D eigenvalue weighted by atomic mass is 10.1. The number of rotatable bonds is 4. The molecular weight excluding hydrogens is 224 g/mol. The fourth-order valence-electron chi connectivity index (χ4n) is 0.948. The van der Waals surface area contributed by atoms with Crippen LogP contribution >= 0.6 is 0 Å². The van der Waals surface area contributed by atoms with E-state index in [1.807, 2.05) is 6.07 Å². The van der Waals surface area contributed by atoms with E-state index in [2.05, 4.69) is 4.74 Å². The highest BCUT2D eigenvalue weighted by Gasteiger charge is 2.23. The van der Waals surface area contributed by atoms with Crippen LogP contribution in [0.5, 0.6) is 0 Å². The van der Waals surface area contributed by atoms with E-state index in [4.69, 9.17) is 15.7 Å². The third-order valence-corrected chi connectivity index (χ3v) is 1.68. The minimum atomic E-state index is -1.06. The van der Waals surface area contributed by atoms with E-state index < -0.39 is 23.8 Å². The molecule has 0 saturated heterocycles. The summed E-state index contributed by atoms with van der Waals surface area (Å²) in [7, 11) is 0. The van der Waals surface area contributed by atoms with E-state index in [1.54, 1.807) is 20.8 Å². The molecule has 0 amide bonds. The lowest BCUT2D eigenvalue weighted by Crippen LogP contribution is -2.35. The zero-order valence-electron chi connectivity index (χ0n) is 10.4. The summed E-state index contributed by atoms with van der Waals surface area (Å²) in [4.78, 5) is 22.4. The molecule has 0 saturated carbocycles. The van der Waals surface area contributed by atoms with Crippen LogP contribution in [0.4, 0.5) is 4.79 Å². The van der Waals surface area contributed by atoms with E-state index in [9.17, 15) is 9.59 Å². The second-order valence-corrected chi connectivity index (χ2v) is 4.54. The molecule has 0 aromatic rings. The monoisotopic (exact) mass is 242 g/mol. The van der Waals surface area contributed by atoms with Gasteiger partial charge in [0.25, 0.3) is 0 Å². The molecule has 0 heterocycles. The van der Waals surface area contributed by atoms with Crippen LogP contribution in [0.3, 0.4) is 0 Å². The highest BCUT2D eigenvalue weighted by atomic mass is 16.7. The summed E-state index contributed by atoms with van der Waals surface area (Å²) in [5.41, 5.74) is 4.76. The number of ether oxygens (including phenoxy) is 2. The third-order valence-electron chi connectivity index (χ3n) is 1.68. The minimum Gasteiger partial charge on any atom is -0.428 e. The Morgan fingerprint density at radius 2 is 2.00 bits per heavy atom. The van der Waals surface area contributed by atoms with Gasteiger partial charge >= 0.3 is 12.1 Å². The summed E-state index contributed by atoms with van der Waals surface area (Å²) >= 11 is 0. The number of carbonyl (C=O) groups excluding carboxylic acids is 2. The Morgan fingerprint density at radius 3 is 2.47 bits per heavy atom. The van der Waals surface area contributed by atoms with Gasteiger partial charge in [-0.25, -0.2) is 9.59 Å². The van der Waals surface area contributed by atoms with Gasteiger partial charge in [0.05, 0.1) is 6.07 Å². The van der Waals surface area contributed by atoms with E-state index in [-0.39, 0.29) is 0 Å². The first-order chi connectivity index (χ1) is 7.76. The van der Waals surface area contributed by atoms with E-state index in [0.29, 0.717) is 19.3 Å². The quantitative estimate of drug-likeness (QED) is 0.455. The van der Waals surface area contributed by atoms with Crippen molar-refractivity contribution in [2.75, 3.05) is 0 Å². The molecule has 0 fully saturated rings. The average molecular weight is 242 g/mol. The lowest BCUT2D eigenvalue weighted by molar-refractivity contribution is -0.143. The smallest absolute Gasteiger partial charge is 0.428 e. The second kappa shape index (κ2) is 6.86. The lowest BCUT2D eigenvalue weighted by Gasteiger charge is -2.18. The maximum atomic E-state index is 11.3. The van der Waals surface area contributed by atoms with Crippen molar-refractivity contribution in [2.24, 2.45) is 5.73 Å². The number of nitrogens with two attached hydrogens (primary N) is 1. The molecule has 0 aliphatic heterocycles. The maximum Gasteiger partial charge on any atom is 0.516 e. The molecule has 6 heteroatoms. The van der Waals surface area contributed by atoms with Crippen molar-refractivity contribution in [3.63, 3.8) is 0 Å². The summed E-state index contributed by atoms with van der Waals surface area (Å²) in [6, 6.07) is 1.03. The van der Waals surface area contributed by atoms with Crippen molar-refractivity contribution >= 4 is 12.1 Å². The molecule has 1 atom stereocenters. The van der Waals surface area contributed by atoms with Crippen molar-refractivity contribution in [2.45, 2.75) is 51.7 Å². The topological polar surface area (TPSA) is 102 Å². The molecular formula is C11H18N2O4. The summed E-state index contributed by atoms with van der Waals surface area (Å²) in [6.45, 7) is 4.97.